The molecule has 0 saturated carbocycles. The van der Waals surface area contributed by atoms with Gasteiger partial charge in [0.05, 0.1) is 23.5 Å². The molecule has 1 rings (SSSR count). The van der Waals surface area contributed by atoms with Gasteiger partial charge in [0, 0.05) is 19.7 Å². The molecule has 0 aliphatic carbocycles. The Bertz CT molecular complexity index is 460. The smallest absolute Gasteiger partial charge is 0.253 e. The van der Waals surface area contributed by atoms with E-state index in [1.165, 1.54) is 4.90 Å². The number of carbonyl (C=O) groups excluding carboxylic acids is 1. The monoisotopic (exact) mass is 279 g/mol. The number of nitrogens with two attached hydrogens (primary N) is 1. The van der Waals surface area contributed by atoms with Gasteiger partial charge in [0.2, 0.25) is 0 Å². The van der Waals surface area contributed by atoms with Crippen molar-refractivity contribution in [2.45, 2.75) is 32.2 Å². The molecule has 1 aromatic carbocycles. The number of nitrogens with one attached hydrogen (secondary N) is 1. The summed E-state index contributed by atoms with van der Waals surface area (Å²) >= 11 is 0. The molecule has 0 fully saturated rings. The molecule has 5 heteroatoms. The molecule has 112 valence electrons. The molecule has 0 spiro atoms. The number of amides is 1. The molecule has 4 N–H and O–H groups in total. The van der Waals surface area contributed by atoms with Crippen LogP contribution in [-0.4, -0.2) is 42.2 Å². The van der Waals surface area contributed by atoms with Gasteiger partial charge in [0.25, 0.3) is 5.91 Å². The third-order valence-corrected chi connectivity index (χ3v) is 3.76. The standard InChI is InChI=1S/C15H25N3O2/c1-5-15(6-2,10-19)17-13-9-11(7-8-12(13)16)14(20)18(3)4/h7-9,17,19H,5-6,10,16H2,1-4H3. The summed E-state index contributed by atoms with van der Waals surface area (Å²) in [4.78, 5) is 13.5. The second kappa shape index (κ2) is 6.61. The zero-order valence-electron chi connectivity index (χ0n) is 12.7. The van der Waals surface area contributed by atoms with Crippen molar-refractivity contribution in [3.63, 3.8) is 0 Å². The third-order valence-electron chi connectivity index (χ3n) is 3.76. The van der Waals surface area contributed by atoms with Gasteiger partial charge in [-0.2, -0.15) is 0 Å². The molecule has 0 radical (unpaired) electrons. The highest BCUT2D eigenvalue weighted by Gasteiger charge is 2.25. The maximum atomic E-state index is 12.0. The second-order valence-electron chi connectivity index (χ2n) is 5.27. The SMILES string of the molecule is CCC(CC)(CO)Nc1cc(C(=O)N(C)C)ccc1N. The molecule has 0 saturated heterocycles. The minimum atomic E-state index is -0.409. The van der Waals surface area contributed by atoms with Crippen molar-refractivity contribution in [2.24, 2.45) is 0 Å². The quantitative estimate of drug-likeness (QED) is 0.695. The Morgan fingerprint density at radius 1 is 1.35 bits per heavy atom. The number of nitrogens with zero attached hydrogens (tertiary/aromatic N) is 1. The van der Waals surface area contributed by atoms with Crippen LogP contribution in [0.1, 0.15) is 37.0 Å². The van der Waals surface area contributed by atoms with E-state index in [-0.39, 0.29) is 12.5 Å². The lowest BCUT2D eigenvalue weighted by atomic mass is 9.93. The van der Waals surface area contributed by atoms with Gasteiger partial charge >= 0.3 is 0 Å². The van der Waals surface area contributed by atoms with Gasteiger partial charge in [-0.3, -0.25) is 4.79 Å². The highest BCUT2D eigenvalue weighted by atomic mass is 16.3. The molecule has 0 unspecified atom stereocenters. The Hall–Kier alpha value is -1.75. The van der Waals surface area contributed by atoms with E-state index in [0.717, 1.165) is 12.8 Å². The molecule has 0 aliphatic heterocycles. The van der Waals surface area contributed by atoms with E-state index in [1.54, 1.807) is 32.3 Å². The number of hydrogen-bond acceptors (Lipinski definition) is 4. The van der Waals surface area contributed by atoms with Crippen molar-refractivity contribution in [3.8, 4) is 0 Å². The van der Waals surface area contributed by atoms with Crippen molar-refractivity contribution in [1.29, 1.82) is 0 Å². The first-order valence-corrected chi connectivity index (χ1v) is 6.89. The Morgan fingerprint density at radius 3 is 2.40 bits per heavy atom. The molecule has 0 aromatic heterocycles. The largest absolute Gasteiger partial charge is 0.397 e. The van der Waals surface area contributed by atoms with E-state index in [9.17, 15) is 9.90 Å². The fourth-order valence-corrected chi connectivity index (χ4v) is 2.03. The van der Waals surface area contributed by atoms with Gasteiger partial charge in [-0.05, 0) is 31.0 Å². The fraction of sp³-hybridized carbons (Fsp3) is 0.533. The maximum Gasteiger partial charge on any atom is 0.253 e. The number of anilines is 2. The van der Waals surface area contributed by atoms with Crippen molar-refractivity contribution in [3.05, 3.63) is 23.8 Å². The zero-order chi connectivity index (χ0) is 15.3. The predicted octanol–water partition coefficient (Wildman–Crippen LogP) is 1.93. The topological polar surface area (TPSA) is 78.6 Å². The summed E-state index contributed by atoms with van der Waals surface area (Å²) < 4.78 is 0. The van der Waals surface area contributed by atoms with Crippen LogP contribution in [0.4, 0.5) is 11.4 Å². The Labute approximate surface area is 120 Å². The van der Waals surface area contributed by atoms with E-state index in [0.29, 0.717) is 16.9 Å². The lowest BCUT2D eigenvalue weighted by Crippen LogP contribution is -2.41. The molecule has 0 heterocycles. The van der Waals surface area contributed by atoms with Crippen molar-refractivity contribution >= 4 is 17.3 Å². The van der Waals surface area contributed by atoms with Crippen molar-refractivity contribution in [2.75, 3.05) is 31.8 Å². The Morgan fingerprint density at radius 2 is 1.95 bits per heavy atom. The van der Waals surface area contributed by atoms with Crippen LogP contribution in [-0.2, 0) is 0 Å². The number of aliphatic hydroxyl groups excluding tert-OH is 1. The Kier molecular flexibility index (Phi) is 5.39. The minimum absolute atomic E-state index is 0.0191. The average molecular weight is 279 g/mol. The van der Waals surface area contributed by atoms with E-state index in [1.807, 2.05) is 13.8 Å². The van der Waals surface area contributed by atoms with E-state index in [2.05, 4.69) is 5.32 Å². The lowest BCUT2D eigenvalue weighted by Gasteiger charge is -2.32. The first-order valence-electron chi connectivity index (χ1n) is 6.89. The average Bonchev–Trinajstić information content (AvgIpc) is 2.46. The summed E-state index contributed by atoms with van der Waals surface area (Å²) in [5.41, 5.74) is 7.39. The van der Waals surface area contributed by atoms with Crippen LogP contribution in [0.25, 0.3) is 0 Å². The van der Waals surface area contributed by atoms with Crippen LogP contribution >= 0.6 is 0 Å². The number of rotatable bonds is 6. The third kappa shape index (κ3) is 3.42. The number of nitrogen functional groups attached to an aromatic ring is 1. The zero-order valence-corrected chi connectivity index (χ0v) is 12.7. The normalized spacial score (nSPS) is 11.2. The van der Waals surface area contributed by atoms with Gasteiger partial charge in [0.1, 0.15) is 0 Å². The van der Waals surface area contributed by atoms with Crippen LogP contribution in [0.5, 0.6) is 0 Å². The molecular formula is C15H25N3O2. The van der Waals surface area contributed by atoms with E-state index >= 15 is 0 Å². The van der Waals surface area contributed by atoms with Crippen LogP contribution in [0.2, 0.25) is 0 Å². The molecule has 0 aliphatic rings. The highest BCUT2D eigenvalue weighted by Crippen LogP contribution is 2.27. The number of hydrogen-bond donors (Lipinski definition) is 3. The van der Waals surface area contributed by atoms with Crippen molar-refractivity contribution < 1.29 is 9.90 Å². The summed E-state index contributed by atoms with van der Waals surface area (Å²) in [5.74, 6) is -0.0735. The lowest BCUT2D eigenvalue weighted by molar-refractivity contribution is 0.0827. The van der Waals surface area contributed by atoms with E-state index < -0.39 is 5.54 Å². The summed E-state index contributed by atoms with van der Waals surface area (Å²) in [6, 6.07) is 5.17. The molecule has 20 heavy (non-hydrogen) atoms. The van der Waals surface area contributed by atoms with Gasteiger partial charge in [-0.25, -0.2) is 0 Å². The number of benzene rings is 1. The molecule has 1 aromatic rings. The summed E-state index contributed by atoms with van der Waals surface area (Å²) in [6.07, 6.45) is 1.54. The van der Waals surface area contributed by atoms with Crippen LogP contribution in [0.3, 0.4) is 0 Å². The molecule has 0 bridgehead atoms. The van der Waals surface area contributed by atoms with E-state index in [4.69, 9.17) is 5.73 Å². The van der Waals surface area contributed by atoms with Gasteiger partial charge in [0.15, 0.2) is 0 Å². The Balaban J connectivity index is 3.12. The fourth-order valence-electron chi connectivity index (χ4n) is 2.03. The maximum absolute atomic E-state index is 12.0. The predicted molar refractivity (Wildman–Crippen MR) is 82.9 cm³/mol. The van der Waals surface area contributed by atoms with Crippen LogP contribution in [0.15, 0.2) is 18.2 Å². The highest BCUT2D eigenvalue weighted by molar-refractivity contribution is 5.96. The molecular weight excluding hydrogens is 254 g/mol. The molecule has 1 amide bonds. The summed E-state index contributed by atoms with van der Waals surface area (Å²) in [7, 11) is 3.42. The van der Waals surface area contributed by atoms with Crippen molar-refractivity contribution in [1.82, 2.24) is 4.90 Å². The summed E-state index contributed by atoms with van der Waals surface area (Å²) in [6.45, 7) is 4.04. The first-order chi connectivity index (χ1) is 9.39. The minimum Gasteiger partial charge on any atom is -0.397 e. The van der Waals surface area contributed by atoms with Gasteiger partial charge in [-0.1, -0.05) is 13.8 Å². The molecule has 5 nitrogen and oxygen atoms in total. The van der Waals surface area contributed by atoms with Crippen LogP contribution < -0.4 is 11.1 Å². The summed E-state index contributed by atoms with van der Waals surface area (Å²) in [5, 5.41) is 12.9. The van der Waals surface area contributed by atoms with Gasteiger partial charge in [-0.15, -0.1) is 0 Å². The molecule has 0 atom stereocenters. The number of aliphatic hydroxyl groups is 1. The van der Waals surface area contributed by atoms with Gasteiger partial charge < -0.3 is 21.1 Å². The number of carbonyl (C=O) groups is 1. The second-order valence-corrected chi connectivity index (χ2v) is 5.27. The van der Waals surface area contributed by atoms with Crippen LogP contribution in [0, 0.1) is 0 Å². The first kappa shape index (κ1) is 16.3.